The highest BCUT2D eigenvalue weighted by molar-refractivity contribution is 9.10. The molecule has 0 aromatic carbocycles. The average molecular weight is 307 g/mol. The highest BCUT2D eigenvalue weighted by Gasteiger charge is 2.16. The molecule has 16 heavy (non-hydrogen) atoms. The summed E-state index contributed by atoms with van der Waals surface area (Å²) in [6, 6.07) is 0. The van der Waals surface area contributed by atoms with Gasteiger partial charge in [0.25, 0.3) is 0 Å². The van der Waals surface area contributed by atoms with Gasteiger partial charge >= 0.3 is 5.97 Å². The molecule has 6 heteroatoms. The molecule has 1 aromatic rings. The Hall–Kier alpha value is -0.490. The summed E-state index contributed by atoms with van der Waals surface area (Å²) >= 11 is 4.89. The van der Waals surface area contributed by atoms with Gasteiger partial charge in [-0.05, 0) is 36.7 Å². The zero-order chi connectivity index (χ0) is 12.3. The van der Waals surface area contributed by atoms with E-state index in [4.69, 9.17) is 5.11 Å². The van der Waals surface area contributed by atoms with Gasteiger partial charge in [0.15, 0.2) is 0 Å². The summed E-state index contributed by atoms with van der Waals surface area (Å²) in [5, 5.41) is 12.8. The van der Waals surface area contributed by atoms with E-state index in [2.05, 4.69) is 21.0 Å². The first-order chi connectivity index (χ1) is 7.47. The van der Waals surface area contributed by atoms with E-state index in [-0.39, 0.29) is 0 Å². The van der Waals surface area contributed by atoms with Gasteiger partial charge in [0.2, 0.25) is 0 Å². The maximum atomic E-state index is 10.7. The largest absolute Gasteiger partial charge is 0.480 e. The predicted octanol–water partition coefficient (Wildman–Crippen LogP) is 2.68. The van der Waals surface area contributed by atoms with Crippen molar-refractivity contribution >= 4 is 33.7 Å². The summed E-state index contributed by atoms with van der Waals surface area (Å²) in [7, 11) is 0. The number of aryl methyl sites for hydroxylation is 2. The molecular weight excluding hydrogens is 292 g/mol. The van der Waals surface area contributed by atoms with Crippen molar-refractivity contribution in [2.75, 3.05) is 0 Å². The van der Waals surface area contributed by atoms with Crippen molar-refractivity contribution in [3.05, 3.63) is 15.9 Å². The summed E-state index contributed by atoms with van der Waals surface area (Å²) in [6.07, 6.45) is 0. The lowest BCUT2D eigenvalue weighted by Crippen LogP contribution is -2.12. The third-order valence-corrected chi connectivity index (χ3v) is 4.44. The molecule has 0 aliphatic rings. The third kappa shape index (κ3) is 3.01. The second kappa shape index (κ2) is 5.72. The van der Waals surface area contributed by atoms with Crippen molar-refractivity contribution in [3.63, 3.8) is 0 Å². The second-order valence-corrected chi connectivity index (χ2v) is 5.58. The zero-order valence-corrected chi connectivity index (χ0v) is 11.9. The molecule has 0 saturated carbocycles. The number of aromatic nitrogens is 2. The molecule has 0 fully saturated rings. The first-order valence-electron chi connectivity index (χ1n) is 5.03. The molecule has 4 nitrogen and oxygen atoms in total. The topological polar surface area (TPSA) is 55.1 Å². The van der Waals surface area contributed by atoms with Crippen LogP contribution in [0.15, 0.2) is 4.47 Å². The number of hydrogen-bond donors (Lipinski definition) is 1. The lowest BCUT2D eigenvalue weighted by molar-refractivity contribution is -0.136. The highest BCUT2D eigenvalue weighted by atomic mass is 79.9. The Labute approximate surface area is 108 Å². The summed E-state index contributed by atoms with van der Waals surface area (Å²) in [4.78, 5) is 10.7. The van der Waals surface area contributed by atoms with E-state index in [9.17, 15) is 4.79 Å². The summed E-state index contributed by atoms with van der Waals surface area (Å²) < 4.78 is 2.89. The van der Waals surface area contributed by atoms with Gasteiger partial charge in [-0.3, -0.25) is 9.48 Å². The normalized spacial score (nSPS) is 12.8. The molecule has 1 heterocycles. The molecule has 0 spiro atoms. The van der Waals surface area contributed by atoms with Gasteiger partial charge in [0.05, 0.1) is 21.1 Å². The Morgan fingerprint density at radius 3 is 2.81 bits per heavy atom. The Morgan fingerprint density at radius 2 is 2.31 bits per heavy atom. The maximum Gasteiger partial charge on any atom is 0.316 e. The summed E-state index contributed by atoms with van der Waals surface area (Å²) in [5.41, 5.74) is 2.00. The number of carbonyl (C=O) groups is 1. The van der Waals surface area contributed by atoms with E-state index in [1.54, 1.807) is 6.92 Å². The Bertz CT molecular complexity index is 392. The van der Waals surface area contributed by atoms with Crippen LogP contribution in [0.3, 0.4) is 0 Å². The monoisotopic (exact) mass is 306 g/mol. The number of carboxylic acids is 1. The van der Waals surface area contributed by atoms with Gasteiger partial charge in [-0.1, -0.05) is 0 Å². The lowest BCUT2D eigenvalue weighted by Gasteiger charge is -2.08. The lowest BCUT2D eigenvalue weighted by atomic mass is 10.4. The van der Waals surface area contributed by atoms with Gasteiger partial charge in [-0.15, -0.1) is 11.8 Å². The molecule has 1 aromatic heterocycles. The fourth-order valence-corrected chi connectivity index (χ4v) is 2.74. The number of thioether (sulfide) groups is 1. The van der Waals surface area contributed by atoms with E-state index in [0.717, 1.165) is 22.4 Å². The standard InChI is InChI=1S/C10H15BrN2O2S/c1-4-13-8(9(11)6(2)12-13)5-16-7(3)10(14)15/h7H,4-5H2,1-3H3,(H,14,15). The molecular formula is C10H15BrN2O2S. The second-order valence-electron chi connectivity index (χ2n) is 3.45. The smallest absolute Gasteiger partial charge is 0.316 e. The van der Waals surface area contributed by atoms with Crippen molar-refractivity contribution in [1.82, 2.24) is 9.78 Å². The van der Waals surface area contributed by atoms with Crippen molar-refractivity contribution in [2.24, 2.45) is 0 Å². The van der Waals surface area contributed by atoms with Crippen molar-refractivity contribution in [3.8, 4) is 0 Å². The van der Waals surface area contributed by atoms with Crippen LogP contribution in [0.1, 0.15) is 25.2 Å². The van der Waals surface area contributed by atoms with Gasteiger partial charge in [-0.2, -0.15) is 5.10 Å². The third-order valence-electron chi connectivity index (χ3n) is 2.27. The Kier molecular flexibility index (Phi) is 4.86. The molecule has 0 radical (unpaired) electrons. The number of hydrogen-bond acceptors (Lipinski definition) is 3. The SMILES string of the molecule is CCn1nc(C)c(Br)c1CSC(C)C(=O)O. The Morgan fingerprint density at radius 1 is 1.69 bits per heavy atom. The van der Waals surface area contributed by atoms with Crippen molar-refractivity contribution < 1.29 is 9.90 Å². The van der Waals surface area contributed by atoms with Gasteiger partial charge in [-0.25, -0.2) is 0 Å². The van der Waals surface area contributed by atoms with E-state index in [1.807, 2.05) is 18.5 Å². The number of halogens is 1. The van der Waals surface area contributed by atoms with Crippen LogP contribution in [0.5, 0.6) is 0 Å². The molecule has 0 saturated heterocycles. The fraction of sp³-hybridized carbons (Fsp3) is 0.600. The first-order valence-corrected chi connectivity index (χ1v) is 6.87. The number of rotatable bonds is 5. The average Bonchev–Trinajstić information content (AvgIpc) is 2.51. The van der Waals surface area contributed by atoms with Crippen LogP contribution in [-0.2, 0) is 17.1 Å². The van der Waals surface area contributed by atoms with Crippen LogP contribution in [-0.4, -0.2) is 26.1 Å². The van der Waals surface area contributed by atoms with Gasteiger partial charge < -0.3 is 5.11 Å². The van der Waals surface area contributed by atoms with E-state index in [0.29, 0.717) is 5.75 Å². The fourth-order valence-electron chi connectivity index (χ4n) is 1.28. The maximum absolute atomic E-state index is 10.7. The molecule has 0 aliphatic carbocycles. The first kappa shape index (κ1) is 13.6. The minimum atomic E-state index is -0.777. The van der Waals surface area contributed by atoms with Crippen LogP contribution >= 0.6 is 27.7 Å². The minimum absolute atomic E-state index is 0.396. The Balaban J connectivity index is 2.76. The molecule has 0 bridgehead atoms. The van der Waals surface area contributed by atoms with Crippen LogP contribution in [0.25, 0.3) is 0 Å². The molecule has 1 atom stereocenters. The van der Waals surface area contributed by atoms with Gasteiger partial charge in [0.1, 0.15) is 0 Å². The zero-order valence-electron chi connectivity index (χ0n) is 9.53. The minimum Gasteiger partial charge on any atom is -0.480 e. The van der Waals surface area contributed by atoms with Crippen LogP contribution in [0.2, 0.25) is 0 Å². The summed E-state index contributed by atoms with van der Waals surface area (Å²) in [6.45, 7) is 6.45. The van der Waals surface area contributed by atoms with Crippen LogP contribution in [0, 0.1) is 6.92 Å². The highest BCUT2D eigenvalue weighted by Crippen LogP contribution is 2.26. The molecule has 90 valence electrons. The van der Waals surface area contributed by atoms with E-state index in [1.165, 1.54) is 11.8 Å². The van der Waals surface area contributed by atoms with Crippen molar-refractivity contribution in [2.45, 2.75) is 38.3 Å². The van der Waals surface area contributed by atoms with Crippen molar-refractivity contribution in [1.29, 1.82) is 0 Å². The van der Waals surface area contributed by atoms with Crippen LogP contribution < -0.4 is 0 Å². The molecule has 1 rings (SSSR count). The molecule has 1 unspecified atom stereocenters. The van der Waals surface area contributed by atoms with E-state index >= 15 is 0 Å². The van der Waals surface area contributed by atoms with Gasteiger partial charge in [0, 0.05) is 12.3 Å². The summed E-state index contributed by atoms with van der Waals surface area (Å²) in [5.74, 6) is -0.122. The quantitative estimate of drug-likeness (QED) is 0.908. The predicted molar refractivity (Wildman–Crippen MR) is 68.7 cm³/mol. The van der Waals surface area contributed by atoms with Crippen LogP contribution in [0.4, 0.5) is 0 Å². The molecule has 0 aliphatic heterocycles. The molecule has 1 N–H and O–H groups in total. The number of aliphatic carboxylic acids is 1. The molecule has 0 amide bonds. The number of carboxylic acid groups (broad SMARTS) is 1. The number of nitrogens with zero attached hydrogens (tertiary/aromatic N) is 2. The van der Waals surface area contributed by atoms with E-state index < -0.39 is 11.2 Å².